The van der Waals surface area contributed by atoms with Gasteiger partial charge in [0.1, 0.15) is 11.8 Å². The predicted octanol–water partition coefficient (Wildman–Crippen LogP) is 3.64. The average Bonchev–Trinajstić information content (AvgIpc) is 3.18. The van der Waals surface area contributed by atoms with Crippen molar-refractivity contribution < 1.29 is 23.6 Å². The number of carbonyl (C=O) groups is 1. The molecule has 1 amide bonds. The Labute approximate surface area is 159 Å². The van der Waals surface area contributed by atoms with Gasteiger partial charge in [0.15, 0.2) is 6.54 Å². The third-order valence-electron chi connectivity index (χ3n) is 3.92. The van der Waals surface area contributed by atoms with Crippen LogP contribution in [-0.2, 0) is 4.79 Å². The molecule has 0 spiro atoms. The number of thiophene rings is 1. The van der Waals surface area contributed by atoms with Crippen LogP contribution in [0.15, 0.2) is 72.1 Å². The molecule has 0 bridgehead atoms. The number of halogens is 2. The molecule has 0 aliphatic heterocycles. The molecule has 0 radical (unpaired) electrons. The van der Waals surface area contributed by atoms with Crippen molar-refractivity contribution in [3.63, 3.8) is 0 Å². The fourth-order valence-electron chi connectivity index (χ4n) is 2.74. The molecule has 3 aromatic rings. The summed E-state index contributed by atoms with van der Waals surface area (Å²) in [5, 5.41) is 6.56. The van der Waals surface area contributed by atoms with Crippen LogP contribution < -0.4 is 15.4 Å². The van der Waals surface area contributed by atoms with E-state index in [1.165, 1.54) is 12.1 Å². The number of carbonyl (C=O) groups excluding carboxylic acids is 1. The Morgan fingerprint density at radius 2 is 1.78 bits per heavy atom. The Kier molecular flexibility index (Phi) is 6.51. The zero-order chi connectivity index (χ0) is 19.1. The third-order valence-corrected chi connectivity index (χ3v) is 4.88. The van der Waals surface area contributed by atoms with Crippen LogP contribution in [0, 0.1) is 0 Å². The minimum Gasteiger partial charge on any atom is -0.433 e. The molecule has 1 atom stereocenters. The molecule has 0 saturated carbocycles. The summed E-state index contributed by atoms with van der Waals surface area (Å²) in [6.07, 6.45) is 0. The number of anilines is 1. The molecule has 0 aliphatic carbocycles. The van der Waals surface area contributed by atoms with Crippen LogP contribution in [0.25, 0.3) is 0 Å². The van der Waals surface area contributed by atoms with Crippen LogP contribution in [0.4, 0.5) is 14.5 Å². The van der Waals surface area contributed by atoms with Crippen LogP contribution >= 0.6 is 11.3 Å². The van der Waals surface area contributed by atoms with E-state index in [0.717, 1.165) is 10.4 Å². The Morgan fingerprint density at radius 1 is 1.04 bits per heavy atom. The first-order valence-corrected chi connectivity index (χ1v) is 9.27. The van der Waals surface area contributed by atoms with Crippen LogP contribution in [0.2, 0.25) is 0 Å². The number of ether oxygens (including phenoxy) is 1. The summed E-state index contributed by atoms with van der Waals surface area (Å²) in [6.45, 7) is -2.81. The molecule has 0 aliphatic rings. The number of nitrogens with one attached hydrogen (secondary N) is 1. The highest BCUT2D eigenvalue weighted by Gasteiger charge is 2.20. The number of alkyl halides is 2. The Balaban J connectivity index is 1.67. The summed E-state index contributed by atoms with van der Waals surface area (Å²) in [6, 6.07) is 20.0. The molecule has 3 rings (SSSR count). The van der Waals surface area contributed by atoms with Gasteiger partial charge in [-0.25, -0.2) is 0 Å². The van der Waals surface area contributed by atoms with Crippen molar-refractivity contribution in [1.82, 2.24) is 0 Å². The lowest BCUT2D eigenvalue weighted by Crippen LogP contribution is -2.87. The largest absolute Gasteiger partial charge is 0.433 e. The fraction of sp³-hybridized carbons (Fsp3) is 0.150. The van der Waals surface area contributed by atoms with E-state index in [2.05, 4.69) is 10.1 Å². The molecule has 140 valence electrons. The van der Waals surface area contributed by atoms with Crippen molar-refractivity contribution in [3.8, 4) is 5.75 Å². The predicted molar refractivity (Wildman–Crippen MR) is 101 cm³/mol. The maximum atomic E-state index is 12.5. The lowest BCUT2D eigenvalue weighted by molar-refractivity contribution is -0.675. The van der Waals surface area contributed by atoms with Gasteiger partial charge in [-0.1, -0.05) is 48.5 Å². The maximum Gasteiger partial charge on any atom is 0.387 e. The second-order valence-electron chi connectivity index (χ2n) is 5.77. The van der Waals surface area contributed by atoms with Gasteiger partial charge in [-0.2, -0.15) is 8.78 Å². The molecule has 3 N–H and O–H groups in total. The number of amides is 1. The van der Waals surface area contributed by atoms with E-state index >= 15 is 0 Å². The van der Waals surface area contributed by atoms with Crippen LogP contribution in [0.1, 0.15) is 16.5 Å². The number of rotatable bonds is 8. The van der Waals surface area contributed by atoms with Gasteiger partial charge < -0.3 is 15.4 Å². The van der Waals surface area contributed by atoms with E-state index in [1.807, 2.05) is 53.2 Å². The lowest BCUT2D eigenvalue weighted by atomic mass is 10.1. The van der Waals surface area contributed by atoms with E-state index in [1.54, 1.807) is 23.5 Å². The summed E-state index contributed by atoms with van der Waals surface area (Å²) in [4.78, 5) is 13.5. The van der Waals surface area contributed by atoms with E-state index in [0.29, 0.717) is 0 Å². The molecular formula is C20H19F2N2O2S+. The molecule has 0 fully saturated rings. The second-order valence-corrected chi connectivity index (χ2v) is 6.75. The lowest BCUT2D eigenvalue weighted by Gasteiger charge is -2.15. The number of quaternary nitrogens is 1. The van der Waals surface area contributed by atoms with Gasteiger partial charge in [0.2, 0.25) is 0 Å². The minimum absolute atomic E-state index is 0.00972. The summed E-state index contributed by atoms with van der Waals surface area (Å²) < 4.78 is 29.4. The average molecular weight is 389 g/mol. The molecule has 7 heteroatoms. The monoisotopic (exact) mass is 389 g/mol. The SMILES string of the molecule is O=C(C[NH2+][C@H](c1ccccc1)c1cccs1)Nc1ccccc1OC(F)F. The third kappa shape index (κ3) is 5.35. The zero-order valence-electron chi connectivity index (χ0n) is 14.3. The van der Waals surface area contributed by atoms with Gasteiger partial charge in [-0.15, -0.1) is 11.3 Å². The molecule has 4 nitrogen and oxygen atoms in total. The standard InChI is InChI=1S/C20H18F2N2O2S/c21-20(22)26-16-10-5-4-9-15(16)24-18(25)13-23-19(17-11-6-12-27-17)14-7-2-1-3-8-14/h1-12,19-20,23H,13H2,(H,24,25)/p+1/t19-/m1/s1. The van der Waals surface area contributed by atoms with E-state index in [4.69, 9.17) is 0 Å². The van der Waals surface area contributed by atoms with E-state index < -0.39 is 6.61 Å². The van der Waals surface area contributed by atoms with Gasteiger partial charge in [-0.3, -0.25) is 4.79 Å². The van der Waals surface area contributed by atoms with Gasteiger partial charge in [0.05, 0.1) is 10.6 Å². The number of hydrogen-bond donors (Lipinski definition) is 2. The first-order chi connectivity index (χ1) is 13.1. The summed E-state index contributed by atoms with van der Waals surface area (Å²) >= 11 is 1.62. The van der Waals surface area contributed by atoms with Crippen LogP contribution in [0.3, 0.4) is 0 Å². The van der Waals surface area contributed by atoms with Crippen molar-refractivity contribution in [2.75, 3.05) is 11.9 Å². The molecule has 1 aromatic heterocycles. The second kappa shape index (κ2) is 9.25. The highest BCUT2D eigenvalue weighted by molar-refractivity contribution is 7.10. The number of hydrogen-bond acceptors (Lipinski definition) is 3. The topological polar surface area (TPSA) is 54.9 Å². The highest BCUT2D eigenvalue weighted by atomic mass is 32.1. The summed E-state index contributed by atoms with van der Waals surface area (Å²) in [5.74, 6) is -0.350. The van der Waals surface area contributed by atoms with Gasteiger partial charge in [-0.05, 0) is 23.6 Å². The number of nitrogens with two attached hydrogens (primary N) is 1. The Bertz CT molecular complexity index is 857. The fourth-order valence-corrected chi connectivity index (χ4v) is 3.59. The molecule has 2 aromatic carbocycles. The first-order valence-electron chi connectivity index (χ1n) is 8.39. The van der Waals surface area contributed by atoms with Crippen molar-refractivity contribution in [3.05, 3.63) is 82.6 Å². The Hall–Kier alpha value is -2.77. The number of para-hydroxylation sites is 2. The molecular weight excluding hydrogens is 370 g/mol. The van der Waals surface area contributed by atoms with E-state index in [-0.39, 0.29) is 29.9 Å². The molecule has 27 heavy (non-hydrogen) atoms. The number of benzene rings is 2. The maximum absolute atomic E-state index is 12.5. The summed E-state index contributed by atoms with van der Waals surface area (Å²) in [7, 11) is 0. The van der Waals surface area contributed by atoms with Crippen molar-refractivity contribution >= 4 is 22.9 Å². The van der Waals surface area contributed by atoms with Gasteiger partial charge in [0.25, 0.3) is 5.91 Å². The van der Waals surface area contributed by atoms with Crippen molar-refractivity contribution in [2.24, 2.45) is 0 Å². The molecule has 1 heterocycles. The zero-order valence-corrected chi connectivity index (χ0v) is 15.2. The minimum atomic E-state index is -2.95. The quantitative estimate of drug-likeness (QED) is 0.618. The van der Waals surface area contributed by atoms with Crippen molar-refractivity contribution in [1.29, 1.82) is 0 Å². The van der Waals surface area contributed by atoms with Crippen LogP contribution in [0.5, 0.6) is 5.75 Å². The van der Waals surface area contributed by atoms with Gasteiger partial charge in [0, 0.05) is 5.56 Å². The summed E-state index contributed by atoms with van der Waals surface area (Å²) in [5.41, 5.74) is 1.32. The highest BCUT2D eigenvalue weighted by Crippen LogP contribution is 2.25. The molecule has 0 saturated heterocycles. The normalized spacial score (nSPS) is 12.0. The molecule has 0 unspecified atom stereocenters. The van der Waals surface area contributed by atoms with Gasteiger partial charge >= 0.3 is 6.61 Å². The smallest absolute Gasteiger partial charge is 0.387 e. The van der Waals surface area contributed by atoms with Crippen LogP contribution in [-0.4, -0.2) is 19.1 Å². The Morgan fingerprint density at radius 3 is 2.48 bits per heavy atom. The van der Waals surface area contributed by atoms with E-state index in [9.17, 15) is 13.6 Å². The first kappa shape index (κ1) is 19.0. The van der Waals surface area contributed by atoms with Crippen molar-refractivity contribution in [2.45, 2.75) is 12.7 Å².